The zero-order valence-electron chi connectivity index (χ0n) is 9.97. The van der Waals surface area contributed by atoms with Gasteiger partial charge in [0.05, 0.1) is 5.56 Å². The number of halogens is 4. The first kappa shape index (κ1) is 16.5. The SMILES string of the molecule is COC(C)OC.O=Cc1c(F)c(F)cc(F)c1F. The van der Waals surface area contributed by atoms with E-state index in [0.717, 1.165) is 0 Å². The highest BCUT2D eigenvalue weighted by Gasteiger charge is 2.17. The molecule has 0 N–H and O–H groups in total. The fourth-order valence-corrected chi connectivity index (χ4v) is 0.791. The maximum Gasteiger partial charge on any atom is 0.172 e. The van der Waals surface area contributed by atoms with Gasteiger partial charge in [0.1, 0.15) is 0 Å². The van der Waals surface area contributed by atoms with Crippen LogP contribution in [0.4, 0.5) is 17.6 Å². The summed E-state index contributed by atoms with van der Waals surface area (Å²) in [6, 6.07) is 0.0394. The third kappa shape index (κ3) is 4.42. The van der Waals surface area contributed by atoms with Gasteiger partial charge < -0.3 is 9.47 Å². The first-order valence-corrected chi connectivity index (χ1v) is 4.72. The van der Waals surface area contributed by atoms with Gasteiger partial charge in [-0.25, -0.2) is 17.6 Å². The van der Waals surface area contributed by atoms with Gasteiger partial charge in [-0.3, -0.25) is 4.79 Å². The molecule has 0 aliphatic heterocycles. The van der Waals surface area contributed by atoms with Crippen molar-refractivity contribution in [2.75, 3.05) is 14.2 Å². The van der Waals surface area contributed by atoms with Crippen LogP contribution in [0.2, 0.25) is 0 Å². The van der Waals surface area contributed by atoms with Crippen molar-refractivity contribution in [2.24, 2.45) is 0 Å². The van der Waals surface area contributed by atoms with Crippen molar-refractivity contribution >= 4 is 6.29 Å². The maximum absolute atomic E-state index is 12.4. The summed E-state index contributed by atoms with van der Waals surface area (Å²) >= 11 is 0. The predicted octanol–water partition coefficient (Wildman–Crippen LogP) is 2.68. The van der Waals surface area contributed by atoms with Crippen molar-refractivity contribution in [2.45, 2.75) is 13.2 Å². The monoisotopic (exact) mass is 268 g/mol. The second-order valence-electron chi connectivity index (χ2n) is 3.04. The molecule has 0 heterocycles. The minimum absolute atomic E-state index is 0.0394. The van der Waals surface area contributed by atoms with Gasteiger partial charge in [0.15, 0.2) is 35.8 Å². The largest absolute Gasteiger partial charge is 0.356 e. The van der Waals surface area contributed by atoms with Gasteiger partial charge in [0, 0.05) is 20.3 Å². The van der Waals surface area contributed by atoms with Crippen molar-refractivity contribution in [1.82, 2.24) is 0 Å². The van der Waals surface area contributed by atoms with E-state index in [2.05, 4.69) is 9.47 Å². The highest BCUT2D eigenvalue weighted by Crippen LogP contribution is 2.16. The van der Waals surface area contributed by atoms with Gasteiger partial charge >= 0.3 is 0 Å². The van der Waals surface area contributed by atoms with Crippen LogP contribution in [0.5, 0.6) is 0 Å². The Labute approximate surface area is 101 Å². The zero-order chi connectivity index (χ0) is 14.3. The molecule has 102 valence electrons. The molecule has 0 aliphatic rings. The molecule has 18 heavy (non-hydrogen) atoms. The van der Waals surface area contributed by atoms with Gasteiger partial charge in [-0.1, -0.05) is 0 Å². The van der Waals surface area contributed by atoms with Crippen LogP contribution in [0.15, 0.2) is 6.07 Å². The van der Waals surface area contributed by atoms with Crippen molar-refractivity contribution in [3.8, 4) is 0 Å². The van der Waals surface area contributed by atoms with Crippen LogP contribution >= 0.6 is 0 Å². The van der Waals surface area contributed by atoms with E-state index in [-0.39, 0.29) is 18.6 Å². The number of rotatable bonds is 3. The minimum Gasteiger partial charge on any atom is -0.356 e. The molecule has 0 fully saturated rings. The zero-order valence-corrected chi connectivity index (χ0v) is 9.97. The fourth-order valence-electron chi connectivity index (χ4n) is 0.791. The van der Waals surface area contributed by atoms with E-state index in [1.165, 1.54) is 0 Å². The molecule has 0 amide bonds. The Morgan fingerprint density at radius 2 is 1.44 bits per heavy atom. The number of ether oxygens (including phenoxy) is 2. The van der Waals surface area contributed by atoms with Gasteiger partial charge in [-0.05, 0) is 6.92 Å². The highest BCUT2D eigenvalue weighted by molar-refractivity contribution is 5.75. The van der Waals surface area contributed by atoms with Crippen LogP contribution in [0.1, 0.15) is 17.3 Å². The maximum atomic E-state index is 12.4. The van der Waals surface area contributed by atoms with Crippen LogP contribution in [-0.4, -0.2) is 26.8 Å². The molecule has 0 aliphatic carbocycles. The topological polar surface area (TPSA) is 35.5 Å². The molecule has 0 saturated carbocycles. The molecular weight excluding hydrogens is 256 g/mol. The lowest BCUT2D eigenvalue weighted by Crippen LogP contribution is -2.05. The van der Waals surface area contributed by atoms with Crippen molar-refractivity contribution in [3.63, 3.8) is 0 Å². The first-order valence-electron chi connectivity index (χ1n) is 4.72. The quantitative estimate of drug-likeness (QED) is 0.366. The lowest BCUT2D eigenvalue weighted by Gasteiger charge is -2.03. The van der Waals surface area contributed by atoms with Gasteiger partial charge in [-0.2, -0.15) is 0 Å². The summed E-state index contributed by atoms with van der Waals surface area (Å²) in [6.07, 6.45) is -0.346. The molecule has 0 radical (unpaired) electrons. The molecule has 1 aromatic carbocycles. The molecule has 1 aromatic rings. The van der Waals surface area contributed by atoms with Crippen LogP contribution in [-0.2, 0) is 9.47 Å². The third-order valence-corrected chi connectivity index (χ3v) is 1.93. The fraction of sp³-hybridized carbons (Fsp3) is 0.364. The number of hydrogen-bond acceptors (Lipinski definition) is 3. The normalized spacial score (nSPS) is 10.0. The van der Waals surface area contributed by atoms with E-state index in [1.807, 2.05) is 6.92 Å². The van der Waals surface area contributed by atoms with Crippen LogP contribution in [0.25, 0.3) is 0 Å². The summed E-state index contributed by atoms with van der Waals surface area (Å²) in [5.41, 5.74) is -1.23. The van der Waals surface area contributed by atoms with Crippen molar-refractivity contribution in [3.05, 3.63) is 34.9 Å². The van der Waals surface area contributed by atoms with E-state index in [1.54, 1.807) is 14.2 Å². The van der Waals surface area contributed by atoms with E-state index in [9.17, 15) is 22.4 Å². The molecule has 3 nitrogen and oxygen atoms in total. The Hall–Kier alpha value is -1.47. The smallest absolute Gasteiger partial charge is 0.172 e. The average molecular weight is 268 g/mol. The number of benzene rings is 1. The van der Waals surface area contributed by atoms with Gasteiger partial charge in [-0.15, -0.1) is 0 Å². The second-order valence-corrected chi connectivity index (χ2v) is 3.04. The van der Waals surface area contributed by atoms with Crippen LogP contribution in [0.3, 0.4) is 0 Å². The molecule has 0 atom stereocenters. The standard InChI is InChI=1S/C7H2F4O.C4H10O2/c8-4-1-5(9)7(11)3(2-12)6(4)10;1-4(5-2)6-3/h1-2H;4H,1-3H3. The van der Waals surface area contributed by atoms with E-state index in [4.69, 9.17) is 0 Å². The molecule has 0 saturated heterocycles. The van der Waals surface area contributed by atoms with E-state index >= 15 is 0 Å². The first-order chi connectivity index (χ1) is 8.38. The van der Waals surface area contributed by atoms with Crippen LogP contribution in [0, 0.1) is 23.3 Å². The lowest BCUT2D eigenvalue weighted by molar-refractivity contribution is -0.0877. The van der Waals surface area contributed by atoms with Gasteiger partial charge in [0.2, 0.25) is 0 Å². The number of methoxy groups -OCH3 is 2. The van der Waals surface area contributed by atoms with E-state index < -0.39 is 28.8 Å². The molecule has 0 unspecified atom stereocenters. The molecule has 1 rings (SSSR count). The third-order valence-electron chi connectivity index (χ3n) is 1.93. The summed E-state index contributed by atoms with van der Waals surface area (Å²) < 4.78 is 58.7. The molecule has 7 heteroatoms. The summed E-state index contributed by atoms with van der Waals surface area (Å²) in [6.45, 7) is 1.83. The Bertz CT molecular complexity index is 380. The summed E-state index contributed by atoms with van der Waals surface area (Å²) in [5, 5.41) is 0. The number of carbonyl (C=O) groups is 1. The summed E-state index contributed by atoms with van der Waals surface area (Å²) in [5.74, 6) is -6.53. The second kappa shape index (κ2) is 7.78. The van der Waals surface area contributed by atoms with Gasteiger partial charge in [0.25, 0.3) is 0 Å². The molecule has 0 aromatic heterocycles. The number of carbonyl (C=O) groups excluding carboxylic acids is 1. The summed E-state index contributed by atoms with van der Waals surface area (Å²) in [7, 11) is 3.21. The van der Waals surface area contributed by atoms with Crippen molar-refractivity contribution < 1.29 is 31.8 Å². The number of aldehydes is 1. The number of hydrogen-bond donors (Lipinski definition) is 0. The predicted molar refractivity (Wildman–Crippen MR) is 55.1 cm³/mol. The Balaban J connectivity index is 0.000000411. The van der Waals surface area contributed by atoms with Crippen molar-refractivity contribution in [1.29, 1.82) is 0 Å². The average Bonchev–Trinajstić information content (AvgIpc) is 2.37. The minimum atomic E-state index is -1.68. The summed E-state index contributed by atoms with van der Waals surface area (Å²) in [4.78, 5) is 9.94. The van der Waals surface area contributed by atoms with E-state index in [0.29, 0.717) is 0 Å². The Morgan fingerprint density at radius 1 is 1.06 bits per heavy atom. The Kier molecular flexibility index (Phi) is 7.14. The van der Waals surface area contributed by atoms with Crippen LogP contribution < -0.4 is 0 Å². The molecule has 0 bridgehead atoms. The molecular formula is C11H12F4O3. The lowest BCUT2D eigenvalue weighted by atomic mass is 10.2. The Morgan fingerprint density at radius 3 is 1.67 bits per heavy atom. The molecule has 0 spiro atoms. The highest BCUT2D eigenvalue weighted by atomic mass is 19.2.